The summed E-state index contributed by atoms with van der Waals surface area (Å²) in [5.74, 6) is 1.02. The molecule has 1 aliphatic rings. The third-order valence-corrected chi connectivity index (χ3v) is 4.59. The van der Waals surface area contributed by atoms with E-state index in [1.807, 2.05) is 0 Å². The van der Waals surface area contributed by atoms with Crippen LogP contribution in [0.25, 0.3) is 0 Å². The van der Waals surface area contributed by atoms with Gasteiger partial charge in [0.1, 0.15) is 0 Å². The summed E-state index contributed by atoms with van der Waals surface area (Å²) in [6.45, 7) is 4.45. The van der Waals surface area contributed by atoms with Gasteiger partial charge in [0.15, 0.2) is 0 Å². The summed E-state index contributed by atoms with van der Waals surface area (Å²) in [5, 5.41) is 3.55. The topological polar surface area (TPSA) is 55.1 Å². The highest BCUT2D eigenvalue weighted by Crippen LogP contribution is 2.30. The van der Waals surface area contributed by atoms with Gasteiger partial charge in [0.25, 0.3) is 5.91 Å². The van der Waals surface area contributed by atoms with Crippen LogP contribution in [-0.4, -0.2) is 11.9 Å². The first-order chi connectivity index (χ1) is 8.99. The molecule has 0 heterocycles. The maximum atomic E-state index is 12.3. The SMILES string of the molecule is CC1CCCC(NC(=O)c2cc(N)ccc2Cl)C1C. The van der Waals surface area contributed by atoms with E-state index < -0.39 is 0 Å². The quantitative estimate of drug-likeness (QED) is 0.815. The van der Waals surface area contributed by atoms with E-state index in [0.717, 1.165) is 6.42 Å². The Morgan fingerprint density at radius 2 is 2.11 bits per heavy atom. The fourth-order valence-corrected chi connectivity index (χ4v) is 2.95. The molecule has 2 rings (SSSR count). The maximum Gasteiger partial charge on any atom is 0.253 e. The predicted octanol–water partition coefficient (Wildman–Crippen LogP) is 3.48. The van der Waals surface area contributed by atoms with Crippen LogP contribution in [0.5, 0.6) is 0 Å². The van der Waals surface area contributed by atoms with Crippen LogP contribution in [0.2, 0.25) is 5.02 Å². The molecule has 104 valence electrons. The molecule has 3 unspecified atom stereocenters. The summed E-state index contributed by atoms with van der Waals surface area (Å²) in [4.78, 5) is 12.3. The first-order valence-corrected chi connectivity index (χ1v) is 7.22. The molecule has 0 aliphatic heterocycles. The number of hydrogen-bond donors (Lipinski definition) is 2. The number of nitrogens with two attached hydrogens (primary N) is 1. The van der Waals surface area contributed by atoms with Gasteiger partial charge in [-0.15, -0.1) is 0 Å². The minimum atomic E-state index is -0.122. The first kappa shape index (κ1) is 14.2. The van der Waals surface area contributed by atoms with Gasteiger partial charge in [0.2, 0.25) is 0 Å². The van der Waals surface area contributed by atoms with Crippen molar-refractivity contribution in [2.24, 2.45) is 11.8 Å². The van der Waals surface area contributed by atoms with Crippen LogP contribution in [0.1, 0.15) is 43.5 Å². The molecule has 3 nitrogen and oxygen atoms in total. The molecule has 3 atom stereocenters. The van der Waals surface area contributed by atoms with Crippen molar-refractivity contribution in [2.75, 3.05) is 5.73 Å². The summed E-state index contributed by atoms with van der Waals surface area (Å²) in [6, 6.07) is 5.23. The number of rotatable bonds is 2. The molecule has 1 saturated carbocycles. The van der Waals surface area contributed by atoms with Gasteiger partial charge >= 0.3 is 0 Å². The average Bonchev–Trinajstić information content (AvgIpc) is 2.38. The van der Waals surface area contributed by atoms with Crippen molar-refractivity contribution in [3.8, 4) is 0 Å². The predicted molar refractivity (Wildman–Crippen MR) is 79.3 cm³/mol. The Hall–Kier alpha value is -1.22. The van der Waals surface area contributed by atoms with Gasteiger partial charge in [-0.05, 0) is 36.5 Å². The number of halogens is 1. The van der Waals surface area contributed by atoms with Gasteiger partial charge < -0.3 is 11.1 Å². The minimum absolute atomic E-state index is 0.122. The number of carbonyl (C=O) groups is 1. The summed E-state index contributed by atoms with van der Waals surface area (Å²) >= 11 is 6.06. The zero-order chi connectivity index (χ0) is 14.0. The molecule has 4 heteroatoms. The van der Waals surface area contributed by atoms with Crippen molar-refractivity contribution in [3.63, 3.8) is 0 Å². The fraction of sp³-hybridized carbons (Fsp3) is 0.533. The lowest BCUT2D eigenvalue weighted by molar-refractivity contribution is 0.0891. The lowest BCUT2D eigenvalue weighted by Crippen LogP contribution is -2.43. The Morgan fingerprint density at radius 3 is 2.84 bits per heavy atom. The molecule has 0 aromatic heterocycles. The molecule has 1 amide bonds. The second-order valence-electron chi connectivity index (χ2n) is 5.59. The number of nitrogens with one attached hydrogen (secondary N) is 1. The molecule has 1 aromatic rings. The second kappa shape index (κ2) is 5.83. The van der Waals surface area contributed by atoms with Crippen molar-refractivity contribution >= 4 is 23.2 Å². The van der Waals surface area contributed by atoms with Gasteiger partial charge in [-0.3, -0.25) is 4.79 Å². The molecule has 0 saturated heterocycles. The zero-order valence-electron chi connectivity index (χ0n) is 11.4. The van der Waals surface area contributed by atoms with Crippen LogP contribution in [0.15, 0.2) is 18.2 Å². The molecule has 1 fully saturated rings. The van der Waals surface area contributed by atoms with E-state index in [0.29, 0.717) is 28.1 Å². The van der Waals surface area contributed by atoms with Gasteiger partial charge in [-0.25, -0.2) is 0 Å². The number of hydrogen-bond acceptors (Lipinski definition) is 2. The standard InChI is InChI=1S/C15H21ClN2O/c1-9-4-3-5-14(10(9)2)18-15(19)12-8-11(17)6-7-13(12)16/h6-10,14H,3-5,17H2,1-2H3,(H,18,19). The second-order valence-corrected chi connectivity index (χ2v) is 5.99. The van der Waals surface area contributed by atoms with Crippen molar-refractivity contribution in [2.45, 2.75) is 39.2 Å². The van der Waals surface area contributed by atoms with E-state index in [1.54, 1.807) is 18.2 Å². The molecule has 19 heavy (non-hydrogen) atoms. The van der Waals surface area contributed by atoms with Gasteiger partial charge in [0.05, 0.1) is 10.6 Å². The number of amides is 1. The van der Waals surface area contributed by atoms with E-state index in [2.05, 4.69) is 19.2 Å². The lowest BCUT2D eigenvalue weighted by Gasteiger charge is -2.34. The van der Waals surface area contributed by atoms with Crippen molar-refractivity contribution in [1.82, 2.24) is 5.32 Å². The molecule has 3 N–H and O–H groups in total. The molecule has 1 aliphatic carbocycles. The number of nitrogen functional groups attached to an aromatic ring is 1. The van der Waals surface area contributed by atoms with Crippen LogP contribution < -0.4 is 11.1 Å². The van der Waals surface area contributed by atoms with Crippen molar-refractivity contribution < 1.29 is 4.79 Å². The summed E-state index contributed by atoms with van der Waals surface area (Å²) in [6.07, 6.45) is 3.45. The average molecular weight is 281 g/mol. The van der Waals surface area contributed by atoms with Crippen LogP contribution in [0, 0.1) is 11.8 Å². The summed E-state index contributed by atoms with van der Waals surface area (Å²) in [5.41, 5.74) is 6.73. The van der Waals surface area contributed by atoms with Crippen LogP contribution in [-0.2, 0) is 0 Å². The summed E-state index contributed by atoms with van der Waals surface area (Å²) in [7, 11) is 0. The molecule has 1 aromatic carbocycles. The van der Waals surface area contributed by atoms with Crippen LogP contribution in [0.3, 0.4) is 0 Å². The number of benzene rings is 1. The Bertz CT molecular complexity index is 475. The number of carbonyl (C=O) groups excluding carboxylic acids is 1. The van der Waals surface area contributed by atoms with Crippen molar-refractivity contribution in [1.29, 1.82) is 0 Å². The first-order valence-electron chi connectivity index (χ1n) is 6.85. The third kappa shape index (κ3) is 3.21. The maximum absolute atomic E-state index is 12.3. The van der Waals surface area contributed by atoms with Gasteiger partial charge in [-0.2, -0.15) is 0 Å². The minimum Gasteiger partial charge on any atom is -0.399 e. The van der Waals surface area contributed by atoms with E-state index in [-0.39, 0.29) is 11.9 Å². The van der Waals surface area contributed by atoms with Crippen LogP contribution in [0.4, 0.5) is 5.69 Å². The smallest absolute Gasteiger partial charge is 0.253 e. The Labute approximate surface area is 119 Å². The molecular formula is C15H21ClN2O. The van der Waals surface area contributed by atoms with E-state index in [9.17, 15) is 4.79 Å². The Kier molecular flexibility index (Phi) is 4.35. The number of anilines is 1. The van der Waals surface area contributed by atoms with Crippen molar-refractivity contribution in [3.05, 3.63) is 28.8 Å². The Balaban J connectivity index is 2.10. The van der Waals surface area contributed by atoms with Crippen LogP contribution >= 0.6 is 11.6 Å². The highest BCUT2D eigenvalue weighted by molar-refractivity contribution is 6.34. The van der Waals surface area contributed by atoms with E-state index in [1.165, 1.54) is 12.8 Å². The summed E-state index contributed by atoms with van der Waals surface area (Å²) < 4.78 is 0. The lowest BCUT2D eigenvalue weighted by atomic mass is 9.78. The molecule has 0 bridgehead atoms. The zero-order valence-corrected chi connectivity index (χ0v) is 12.2. The van der Waals surface area contributed by atoms with Gasteiger partial charge in [0, 0.05) is 11.7 Å². The largest absolute Gasteiger partial charge is 0.399 e. The highest BCUT2D eigenvalue weighted by Gasteiger charge is 2.28. The monoisotopic (exact) mass is 280 g/mol. The normalized spacial score (nSPS) is 27.0. The molecular weight excluding hydrogens is 260 g/mol. The van der Waals surface area contributed by atoms with E-state index in [4.69, 9.17) is 17.3 Å². The van der Waals surface area contributed by atoms with Gasteiger partial charge in [-0.1, -0.05) is 38.3 Å². The highest BCUT2D eigenvalue weighted by atomic mass is 35.5. The molecule has 0 spiro atoms. The van der Waals surface area contributed by atoms with E-state index >= 15 is 0 Å². The molecule has 0 radical (unpaired) electrons. The Morgan fingerprint density at radius 1 is 1.37 bits per heavy atom. The third-order valence-electron chi connectivity index (χ3n) is 4.26. The fourth-order valence-electron chi connectivity index (χ4n) is 2.75.